The molecule has 1 aromatic carbocycles. The minimum atomic E-state index is -0.456. The lowest BCUT2D eigenvalue weighted by Gasteiger charge is -2.23. The zero-order chi connectivity index (χ0) is 19.3. The van der Waals surface area contributed by atoms with Crippen molar-refractivity contribution in [3.8, 4) is 5.75 Å². The highest BCUT2D eigenvalue weighted by Gasteiger charge is 2.36. The molecule has 0 spiro atoms. The van der Waals surface area contributed by atoms with Gasteiger partial charge >= 0.3 is 0 Å². The van der Waals surface area contributed by atoms with Crippen LogP contribution in [0.5, 0.6) is 5.75 Å². The Bertz CT molecular complexity index is 687. The number of amides is 2. The Morgan fingerprint density at radius 3 is 2.65 bits per heavy atom. The van der Waals surface area contributed by atoms with Crippen molar-refractivity contribution in [2.24, 2.45) is 5.92 Å². The molecule has 3 N–H and O–H groups in total. The lowest BCUT2D eigenvalue weighted by molar-refractivity contribution is -0.126. The van der Waals surface area contributed by atoms with Gasteiger partial charge < -0.3 is 15.0 Å². The number of rotatable bonds is 4. The van der Waals surface area contributed by atoms with Crippen LogP contribution in [0.4, 0.5) is 5.69 Å². The van der Waals surface area contributed by atoms with E-state index in [0.717, 1.165) is 0 Å². The quantitative estimate of drug-likeness (QED) is 0.547. The Balaban J connectivity index is 1.97. The lowest BCUT2D eigenvalue weighted by Crippen LogP contribution is -2.53. The van der Waals surface area contributed by atoms with Crippen molar-refractivity contribution in [3.63, 3.8) is 0 Å². The first-order chi connectivity index (χ1) is 12.2. The fourth-order valence-corrected chi connectivity index (χ4v) is 3.02. The maximum atomic E-state index is 12.4. The molecule has 1 heterocycles. The number of nitrogens with one attached hydrogen (secondary N) is 3. The molecule has 1 aliphatic heterocycles. The smallest absolute Gasteiger partial charge is 0.243 e. The number of ether oxygens (including phenoxy) is 1. The van der Waals surface area contributed by atoms with E-state index < -0.39 is 5.92 Å². The Hall–Kier alpha value is -2.35. The van der Waals surface area contributed by atoms with E-state index in [1.807, 2.05) is 52.0 Å². The summed E-state index contributed by atoms with van der Waals surface area (Å²) in [6, 6.07) is 7.34. The first kappa shape index (κ1) is 20.0. The summed E-state index contributed by atoms with van der Waals surface area (Å²) in [6.07, 6.45) is 0.146. The van der Waals surface area contributed by atoms with Gasteiger partial charge in [-0.1, -0.05) is 12.1 Å². The number of carbonyl (C=O) groups excluding carboxylic acids is 2. The van der Waals surface area contributed by atoms with Gasteiger partial charge in [0, 0.05) is 18.5 Å². The molecule has 0 radical (unpaired) electrons. The van der Waals surface area contributed by atoms with Crippen molar-refractivity contribution in [3.05, 3.63) is 24.3 Å². The Labute approximate surface area is 159 Å². The summed E-state index contributed by atoms with van der Waals surface area (Å²) in [5, 5.41) is 3.37. The van der Waals surface area contributed by atoms with E-state index in [4.69, 9.17) is 17.0 Å². The van der Waals surface area contributed by atoms with Crippen LogP contribution in [0.3, 0.4) is 0 Å². The Morgan fingerprint density at radius 1 is 1.31 bits per heavy atom. The van der Waals surface area contributed by atoms with Crippen LogP contribution in [0.2, 0.25) is 0 Å². The van der Waals surface area contributed by atoms with Gasteiger partial charge in [-0.3, -0.25) is 20.4 Å². The minimum absolute atomic E-state index is 0.104. The maximum absolute atomic E-state index is 12.4. The van der Waals surface area contributed by atoms with Crippen molar-refractivity contribution in [1.29, 1.82) is 0 Å². The summed E-state index contributed by atoms with van der Waals surface area (Å²) < 4.78 is 5.59. The van der Waals surface area contributed by atoms with Gasteiger partial charge in [-0.15, -0.1) is 0 Å². The van der Waals surface area contributed by atoms with Crippen molar-refractivity contribution in [2.45, 2.75) is 39.7 Å². The van der Waals surface area contributed by atoms with Crippen LogP contribution in [0.1, 0.15) is 34.1 Å². The van der Waals surface area contributed by atoms with Gasteiger partial charge in [0.1, 0.15) is 5.75 Å². The van der Waals surface area contributed by atoms with Gasteiger partial charge in [0.15, 0.2) is 5.11 Å². The molecule has 1 atom stereocenters. The van der Waals surface area contributed by atoms with Gasteiger partial charge in [-0.05, 0) is 52.0 Å². The molecular formula is C18H26N4O3S. The SMILES string of the molecule is CCOc1ccccc1N1C[C@@H](C(=O)NNC(=S)NC(C)(C)C)CC1=O. The molecule has 8 heteroatoms. The first-order valence-corrected chi connectivity index (χ1v) is 9.02. The fourth-order valence-electron chi connectivity index (χ4n) is 2.67. The molecule has 2 rings (SSSR count). The summed E-state index contributed by atoms with van der Waals surface area (Å²) in [7, 11) is 0. The van der Waals surface area contributed by atoms with Crippen molar-refractivity contribution >= 4 is 34.8 Å². The number of thiocarbonyl (C=S) groups is 1. The van der Waals surface area contributed by atoms with E-state index >= 15 is 0 Å². The van der Waals surface area contributed by atoms with Gasteiger partial charge in [-0.25, -0.2) is 0 Å². The minimum Gasteiger partial charge on any atom is -0.492 e. The molecule has 1 fully saturated rings. The van der Waals surface area contributed by atoms with Crippen LogP contribution in [-0.4, -0.2) is 35.6 Å². The summed E-state index contributed by atoms with van der Waals surface area (Å²) in [5.74, 6) is -0.194. The maximum Gasteiger partial charge on any atom is 0.243 e. The van der Waals surface area contributed by atoms with Gasteiger partial charge in [0.05, 0.1) is 18.2 Å². The predicted molar refractivity (Wildman–Crippen MR) is 105 cm³/mol. The number of anilines is 1. The molecule has 0 aliphatic carbocycles. The second kappa shape index (κ2) is 8.35. The van der Waals surface area contributed by atoms with Crippen LogP contribution in [0, 0.1) is 5.92 Å². The van der Waals surface area contributed by atoms with Gasteiger partial charge in [-0.2, -0.15) is 0 Å². The number of para-hydroxylation sites is 2. The molecule has 142 valence electrons. The standard InChI is InChI=1S/C18H26N4O3S/c1-5-25-14-9-7-6-8-13(14)22-11-12(10-15(22)23)16(24)20-21-17(26)19-18(2,3)4/h6-9,12H,5,10-11H2,1-4H3,(H,20,24)(H2,19,21,26)/t12-/m0/s1. The van der Waals surface area contributed by atoms with E-state index in [1.165, 1.54) is 0 Å². The van der Waals surface area contributed by atoms with Crippen molar-refractivity contribution in [2.75, 3.05) is 18.1 Å². The monoisotopic (exact) mass is 378 g/mol. The highest BCUT2D eigenvalue weighted by Crippen LogP contribution is 2.33. The molecule has 0 aromatic heterocycles. The van der Waals surface area contributed by atoms with E-state index in [1.54, 1.807) is 4.90 Å². The van der Waals surface area contributed by atoms with E-state index in [2.05, 4.69) is 16.2 Å². The van der Waals surface area contributed by atoms with Crippen LogP contribution < -0.4 is 25.8 Å². The van der Waals surface area contributed by atoms with Crippen LogP contribution in [-0.2, 0) is 9.59 Å². The number of benzene rings is 1. The molecule has 2 amide bonds. The van der Waals surface area contributed by atoms with Crippen LogP contribution >= 0.6 is 12.2 Å². The number of hydrogen-bond donors (Lipinski definition) is 3. The summed E-state index contributed by atoms with van der Waals surface area (Å²) >= 11 is 5.13. The second-order valence-corrected chi connectivity index (χ2v) is 7.53. The molecule has 0 unspecified atom stereocenters. The summed E-state index contributed by atoms with van der Waals surface area (Å²) in [4.78, 5) is 26.4. The van der Waals surface area contributed by atoms with Gasteiger partial charge in [0.2, 0.25) is 11.8 Å². The van der Waals surface area contributed by atoms with Gasteiger partial charge in [0.25, 0.3) is 0 Å². The highest BCUT2D eigenvalue weighted by atomic mass is 32.1. The fraction of sp³-hybridized carbons (Fsp3) is 0.500. The number of carbonyl (C=O) groups is 2. The number of nitrogens with zero attached hydrogens (tertiary/aromatic N) is 1. The number of hydrogen-bond acceptors (Lipinski definition) is 4. The van der Waals surface area contributed by atoms with E-state index in [9.17, 15) is 9.59 Å². The lowest BCUT2D eigenvalue weighted by atomic mass is 10.1. The molecule has 26 heavy (non-hydrogen) atoms. The average Bonchev–Trinajstić information content (AvgIpc) is 2.94. The zero-order valence-electron chi connectivity index (χ0n) is 15.6. The molecule has 1 saturated heterocycles. The summed E-state index contributed by atoms with van der Waals surface area (Å²) in [5.41, 5.74) is 5.74. The Kier molecular flexibility index (Phi) is 6.42. The third kappa shape index (κ3) is 5.32. The third-order valence-electron chi connectivity index (χ3n) is 3.74. The highest BCUT2D eigenvalue weighted by molar-refractivity contribution is 7.80. The van der Waals surface area contributed by atoms with Crippen molar-refractivity contribution in [1.82, 2.24) is 16.2 Å². The topological polar surface area (TPSA) is 82.7 Å². The third-order valence-corrected chi connectivity index (χ3v) is 3.94. The molecule has 7 nitrogen and oxygen atoms in total. The van der Waals surface area contributed by atoms with Crippen LogP contribution in [0.25, 0.3) is 0 Å². The number of hydrazine groups is 1. The van der Waals surface area contributed by atoms with Crippen LogP contribution in [0.15, 0.2) is 24.3 Å². The van der Waals surface area contributed by atoms with E-state index in [-0.39, 0.29) is 23.8 Å². The van der Waals surface area contributed by atoms with Crippen molar-refractivity contribution < 1.29 is 14.3 Å². The largest absolute Gasteiger partial charge is 0.492 e. The average molecular weight is 378 g/mol. The molecule has 0 saturated carbocycles. The molecule has 1 aromatic rings. The molecular weight excluding hydrogens is 352 g/mol. The molecule has 0 bridgehead atoms. The predicted octanol–water partition coefficient (Wildman–Crippen LogP) is 1.73. The second-order valence-electron chi connectivity index (χ2n) is 7.12. The first-order valence-electron chi connectivity index (χ1n) is 8.61. The molecule has 1 aliphatic rings. The van der Waals surface area contributed by atoms with E-state index in [0.29, 0.717) is 29.7 Å². The normalized spacial score (nSPS) is 17.0. The Morgan fingerprint density at radius 2 is 2.00 bits per heavy atom. The zero-order valence-corrected chi connectivity index (χ0v) is 16.4. The summed E-state index contributed by atoms with van der Waals surface area (Å²) in [6.45, 7) is 8.59.